The van der Waals surface area contributed by atoms with Crippen LogP contribution in [0, 0.1) is 0 Å². The van der Waals surface area contributed by atoms with Crippen molar-refractivity contribution in [2.75, 3.05) is 33.5 Å². The Kier molecular flexibility index (Phi) is 9.08. The van der Waals surface area contributed by atoms with Gasteiger partial charge in [0, 0.05) is 33.3 Å². The van der Waals surface area contributed by atoms with Crippen LogP contribution >= 0.6 is 0 Å². The monoisotopic (exact) mass is 248 g/mol. The highest BCUT2D eigenvalue weighted by Gasteiger charge is 2.18. The maximum atomic E-state index is 11.3. The second kappa shape index (κ2) is 9.86. The molecule has 0 bridgehead atoms. The molecule has 0 aromatic carbocycles. The van der Waals surface area contributed by atoms with Crippen LogP contribution in [0.4, 0.5) is 4.79 Å². The third kappa shape index (κ3) is 8.47. The number of carboxylic acids is 1. The topological polar surface area (TPSA) is 96.9 Å². The predicted octanol–water partition coefficient (Wildman–Crippen LogP) is -0.188. The van der Waals surface area contributed by atoms with Gasteiger partial charge in [-0.2, -0.15) is 0 Å². The second-order valence-corrected chi connectivity index (χ2v) is 3.27. The van der Waals surface area contributed by atoms with E-state index in [9.17, 15) is 9.59 Å². The SMILES string of the molecule is CCOCCNC(=O)NC(CCOC)C(=O)O. The molecule has 0 aliphatic rings. The minimum atomic E-state index is -1.08. The molecular weight excluding hydrogens is 228 g/mol. The van der Waals surface area contributed by atoms with Gasteiger partial charge in [0.25, 0.3) is 0 Å². The van der Waals surface area contributed by atoms with Crippen LogP contribution in [-0.2, 0) is 14.3 Å². The summed E-state index contributed by atoms with van der Waals surface area (Å²) >= 11 is 0. The van der Waals surface area contributed by atoms with Gasteiger partial charge in [-0.1, -0.05) is 0 Å². The van der Waals surface area contributed by atoms with Crippen LogP contribution in [0.1, 0.15) is 13.3 Å². The number of urea groups is 1. The number of carbonyl (C=O) groups is 2. The highest BCUT2D eigenvalue weighted by atomic mass is 16.5. The lowest BCUT2D eigenvalue weighted by Gasteiger charge is -2.14. The molecule has 0 aromatic rings. The zero-order valence-electron chi connectivity index (χ0n) is 10.2. The Hall–Kier alpha value is -1.34. The lowest BCUT2D eigenvalue weighted by Crippen LogP contribution is -2.47. The molecule has 17 heavy (non-hydrogen) atoms. The molecule has 100 valence electrons. The number of carbonyl (C=O) groups excluding carboxylic acids is 1. The Morgan fingerprint density at radius 3 is 2.59 bits per heavy atom. The minimum Gasteiger partial charge on any atom is -0.480 e. The van der Waals surface area contributed by atoms with E-state index >= 15 is 0 Å². The molecule has 0 aliphatic carbocycles. The molecule has 0 radical (unpaired) electrons. The van der Waals surface area contributed by atoms with Gasteiger partial charge in [-0.05, 0) is 6.92 Å². The van der Waals surface area contributed by atoms with E-state index in [0.29, 0.717) is 19.8 Å². The van der Waals surface area contributed by atoms with Crippen molar-refractivity contribution in [3.8, 4) is 0 Å². The molecule has 0 aliphatic heterocycles. The molecule has 0 heterocycles. The normalized spacial score (nSPS) is 11.9. The molecule has 7 heteroatoms. The van der Waals surface area contributed by atoms with Crippen molar-refractivity contribution < 1.29 is 24.2 Å². The first-order chi connectivity index (χ1) is 8.11. The largest absolute Gasteiger partial charge is 0.480 e. The standard InChI is InChI=1S/C10H20N2O5/c1-3-17-7-5-11-10(15)12-8(9(13)14)4-6-16-2/h8H,3-7H2,1-2H3,(H,13,14)(H2,11,12,15). The molecule has 1 atom stereocenters. The van der Waals surface area contributed by atoms with E-state index in [0.717, 1.165) is 0 Å². The van der Waals surface area contributed by atoms with Gasteiger partial charge in [0.1, 0.15) is 6.04 Å². The number of rotatable bonds is 9. The summed E-state index contributed by atoms with van der Waals surface area (Å²) in [7, 11) is 1.47. The fourth-order valence-electron chi connectivity index (χ4n) is 1.08. The number of amides is 2. The van der Waals surface area contributed by atoms with Crippen molar-refractivity contribution in [3.63, 3.8) is 0 Å². The molecule has 0 aromatic heterocycles. The zero-order valence-corrected chi connectivity index (χ0v) is 10.2. The number of carboxylic acid groups (broad SMARTS) is 1. The average molecular weight is 248 g/mol. The van der Waals surface area contributed by atoms with Gasteiger partial charge < -0.3 is 25.2 Å². The summed E-state index contributed by atoms with van der Waals surface area (Å²) in [5.41, 5.74) is 0. The van der Waals surface area contributed by atoms with E-state index in [1.165, 1.54) is 7.11 Å². The Morgan fingerprint density at radius 2 is 2.06 bits per heavy atom. The molecule has 7 nitrogen and oxygen atoms in total. The van der Waals surface area contributed by atoms with Crippen molar-refractivity contribution in [3.05, 3.63) is 0 Å². The van der Waals surface area contributed by atoms with Crippen LogP contribution < -0.4 is 10.6 Å². The third-order valence-corrected chi connectivity index (χ3v) is 1.95. The number of methoxy groups -OCH3 is 1. The summed E-state index contributed by atoms with van der Waals surface area (Å²) < 4.78 is 9.78. The van der Waals surface area contributed by atoms with Gasteiger partial charge in [0.15, 0.2) is 0 Å². The molecule has 2 amide bonds. The van der Waals surface area contributed by atoms with Gasteiger partial charge in [0.2, 0.25) is 0 Å². The number of hydrogen-bond donors (Lipinski definition) is 3. The predicted molar refractivity (Wildman–Crippen MR) is 60.9 cm³/mol. The molecule has 0 saturated carbocycles. The van der Waals surface area contributed by atoms with Crippen LogP contribution in [0.2, 0.25) is 0 Å². The molecule has 0 spiro atoms. The zero-order chi connectivity index (χ0) is 13.1. The smallest absolute Gasteiger partial charge is 0.326 e. The van der Waals surface area contributed by atoms with Gasteiger partial charge in [-0.15, -0.1) is 0 Å². The van der Waals surface area contributed by atoms with Crippen LogP contribution in [0.3, 0.4) is 0 Å². The first-order valence-electron chi connectivity index (χ1n) is 5.45. The van der Waals surface area contributed by atoms with E-state index in [-0.39, 0.29) is 13.0 Å². The highest BCUT2D eigenvalue weighted by molar-refractivity contribution is 5.82. The molecule has 3 N–H and O–H groups in total. The Labute approximate surface area is 100 Å². The second-order valence-electron chi connectivity index (χ2n) is 3.27. The lowest BCUT2D eigenvalue weighted by atomic mass is 10.2. The van der Waals surface area contributed by atoms with Crippen LogP contribution in [-0.4, -0.2) is 56.6 Å². The summed E-state index contributed by atoms with van der Waals surface area (Å²) in [6.07, 6.45) is 0.227. The fraction of sp³-hybridized carbons (Fsp3) is 0.800. The molecule has 0 fully saturated rings. The minimum absolute atomic E-state index is 0.227. The van der Waals surface area contributed by atoms with Gasteiger partial charge in [0.05, 0.1) is 6.61 Å². The van der Waals surface area contributed by atoms with Crippen LogP contribution in [0.15, 0.2) is 0 Å². The summed E-state index contributed by atoms with van der Waals surface area (Å²) in [5.74, 6) is -1.08. The molecule has 1 unspecified atom stereocenters. The van der Waals surface area contributed by atoms with E-state index in [2.05, 4.69) is 10.6 Å². The van der Waals surface area contributed by atoms with Crippen molar-refractivity contribution in [2.24, 2.45) is 0 Å². The Balaban J connectivity index is 3.83. The quantitative estimate of drug-likeness (QED) is 0.491. The number of ether oxygens (including phenoxy) is 2. The number of aliphatic carboxylic acids is 1. The maximum Gasteiger partial charge on any atom is 0.326 e. The molecule has 0 rings (SSSR count). The van der Waals surface area contributed by atoms with Crippen molar-refractivity contribution >= 4 is 12.0 Å². The summed E-state index contributed by atoms with van der Waals surface area (Å²) in [6.45, 7) is 3.45. The number of hydrogen-bond acceptors (Lipinski definition) is 4. The molecule has 0 saturated heterocycles. The van der Waals surface area contributed by atoms with Crippen LogP contribution in [0.25, 0.3) is 0 Å². The van der Waals surface area contributed by atoms with E-state index in [4.69, 9.17) is 14.6 Å². The lowest BCUT2D eigenvalue weighted by molar-refractivity contribution is -0.139. The van der Waals surface area contributed by atoms with Gasteiger partial charge >= 0.3 is 12.0 Å². The molecular formula is C10H20N2O5. The van der Waals surface area contributed by atoms with E-state index < -0.39 is 18.0 Å². The first kappa shape index (κ1) is 15.7. The van der Waals surface area contributed by atoms with Gasteiger partial charge in [-0.25, -0.2) is 9.59 Å². The van der Waals surface area contributed by atoms with Crippen molar-refractivity contribution in [1.82, 2.24) is 10.6 Å². The van der Waals surface area contributed by atoms with Crippen LogP contribution in [0.5, 0.6) is 0 Å². The Morgan fingerprint density at radius 1 is 1.35 bits per heavy atom. The third-order valence-electron chi connectivity index (χ3n) is 1.95. The summed E-state index contributed by atoms with van der Waals surface area (Å²) in [5, 5.41) is 13.7. The highest BCUT2D eigenvalue weighted by Crippen LogP contribution is 1.92. The van der Waals surface area contributed by atoms with E-state index in [1.54, 1.807) is 0 Å². The van der Waals surface area contributed by atoms with Crippen molar-refractivity contribution in [2.45, 2.75) is 19.4 Å². The number of nitrogens with one attached hydrogen (secondary N) is 2. The fourth-order valence-corrected chi connectivity index (χ4v) is 1.08. The van der Waals surface area contributed by atoms with Gasteiger partial charge in [-0.3, -0.25) is 0 Å². The summed E-state index contributed by atoms with van der Waals surface area (Å²) in [4.78, 5) is 22.1. The summed E-state index contributed by atoms with van der Waals surface area (Å²) in [6, 6.07) is -1.46. The average Bonchev–Trinajstić information content (AvgIpc) is 2.29. The van der Waals surface area contributed by atoms with Crippen molar-refractivity contribution in [1.29, 1.82) is 0 Å². The first-order valence-corrected chi connectivity index (χ1v) is 5.45. The Bertz CT molecular complexity index is 235. The maximum absolute atomic E-state index is 11.3. The van der Waals surface area contributed by atoms with E-state index in [1.807, 2.05) is 6.92 Å².